The van der Waals surface area contributed by atoms with E-state index in [1.807, 2.05) is 6.07 Å². The highest BCUT2D eigenvalue weighted by Gasteiger charge is 2.18. The average molecular weight is 373 g/mol. The van der Waals surface area contributed by atoms with Crippen LogP contribution in [0.4, 0.5) is 11.4 Å². The second-order valence-electron chi connectivity index (χ2n) is 6.42. The summed E-state index contributed by atoms with van der Waals surface area (Å²) in [6.45, 7) is 0.0258. The van der Waals surface area contributed by atoms with Crippen molar-refractivity contribution in [2.24, 2.45) is 0 Å². The molecule has 7 heteroatoms. The van der Waals surface area contributed by atoms with Gasteiger partial charge >= 0.3 is 0 Å². The van der Waals surface area contributed by atoms with Crippen LogP contribution in [0.5, 0.6) is 0 Å². The number of sulfonamides is 1. The third-order valence-electron chi connectivity index (χ3n) is 4.51. The van der Waals surface area contributed by atoms with Gasteiger partial charge in [-0.15, -0.1) is 0 Å². The van der Waals surface area contributed by atoms with E-state index in [9.17, 15) is 13.2 Å². The van der Waals surface area contributed by atoms with Crippen molar-refractivity contribution in [3.63, 3.8) is 0 Å². The zero-order chi connectivity index (χ0) is 18.6. The Labute approximate surface area is 153 Å². The standard InChI is InChI=1S/C19H23N3O3S/c20-17-7-3-4-8-18(17)22-19(23)11-12-21-26(24,25)16-10-9-14-5-1-2-6-15(14)13-16/h3-4,7-10,13,21H,1-2,5-6,11-12,20H2,(H,22,23). The Morgan fingerprint density at radius 2 is 1.77 bits per heavy atom. The molecule has 0 radical (unpaired) electrons. The molecule has 6 nitrogen and oxygen atoms in total. The van der Waals surface area contributed by atoms with Crippen molar-refractivity contribution in [1.29, 1.82) is 0 Å². The number of rotatable bonds is 6. The highest BCUT2D eigenvalue weighted by atomic mass is 32.2. The van der Waals surface area contributed by atoms with Crippen LogP contribution in [0, 0.1) is 0 Å². The lowest BCUT2D eigenvalue weighted by molar-refractivity contribution is -0.116. The maximum atomic E-state index is 12.4. The van der Waals surface area contributed by atoms with Crippen molar-refractivity contribution in [3.8, 4) is 0 Å². The van der Waals surface area contributed by atoms with Gasteiger partial charge in [0, 0.05) is 13.0 Å². The zero-order valence-corrected chi connectivity index (χ0v) is 15.3. The summed E-state index contributed by atoms with van der Waals surface area (Å²) in [7, 11) is -3.63. The number of nitrogen functional groups attached to an aromatic ring is 1. The summed E-state index contributed by atoms with van der Waals surface area (Å²) in [5, 5.41) is 2.68. The van der Waals surface area contributed by atoms with E-state index in [0.717, 1.165) is 31.2 Å². The summed E-state index contributed by atoms with van der Waals surface area (Å²) in [5.74, 6) is -0.295. The van der Waals surface area contributed by atoms with Gasteiger partial charge in [0.15, 0.2) is 0 Å². The molecule has 138 valence electrons. The molecule has 0 bridgehead atoms. The molecule has 0 unspecified atom stereocenters. The maximum Gasteiger partial charge on any atom is 0.240 e. The Hall–Kier alpha value is -2.38. The molecule has 2 aromatic carbocycles. The minimum Gasteiger partial charge on any atom is -0.397 e. The van der Waals surface area contributed by atoms with E-state index >= 15 is 0 Å². The molecular weight excluding hydrogens is 350 g/mol. The molecule has 0 fully saturated rings. The largest absolute Gasteiger partial charge is 0.397 e. The topological polar surface area (TPSA) is 101 Å². The van der Waals surface area contributed by atoms with Crippen LogP contribution >= 0.6 is 0 Å². The van der Waals surface area contributed by atoms with Crippen LogP contribution in [0.1, 0.15) is 30.4 Å². The SMILES string of the molecule is Nc1ccccc1NC(=O)CCNS(=O)(=O)c1ccc2c(c1)CCCC2. The summed E-state index contributed by atoms with van der Waals surface area (Å²) in [6.07, 6.45) is 4.19. The predicted octanol–water partition coefficient (Wildman–Crippen LogP) is 2.45. The third kappa shape index (κ3) is 4.42. The smallest absolute Gasteiger partial charge is 0.240 e. The molecule has 0 aliphatic heterocycles. The van der Waals surface area contributed by atoms with Crippen molar-refractivity contribution in [2.45, 2.75) is 37.0 Å². The van der Waals surface area contributed by atoms with Gasteiger partial charge in [0.25, 0.3) is 0 Å². The van der Waals surface area contributed by atoms with Gasteiger partial charge in [0.2, 0.25) is 15.9 Å². The first-order chi connectivity index (χ1) is 12.5. The highest BCUT2D eigenvalue weighted by molar-refractivity contribution is 7.89. The molecule has 0 aromatic heterocycles. The monoisotopic (exact) mass is 373 g/mol. The lowest BCUT2D eigenvalue weighted by atomic mass is 9.92. The number of fused-ring (bicyclic) bond motifs is 1. The average Bonchev–Trinajstić information content (AvgIpc) is 2.63. The number of nitrogens with one attached hydrogen (secondary N) is 2. The Morgan fingerprint density at radius 3 is 2.54 bits per heavy atom. The molecule has 1 aliphatic carbocycles. The van der Waals surface area contributed by atoms with Gasteiger partial charge in [-0.25, -0.2) is 13.1 Å². The van der Waals surface area contributed by atoms with E-state index < -0.39 is 10.0 Å². The number of aryl methyl sites for hydroxylation is 2. The fraction of sp³-hybridized carbons (Fsp3) is 0.316. The van der Waals surface area contributed by atoms with Gasteiger partial charge in [-0.3, -0.25) is 4.79 Å². The van der Waals surface area contributed by atoms with E-state index in [4.69, 9.17) is 5.73 Å². The van der Waals surface area contributed by atoms with Crippen LogP contribution in [0.3, 0.4) is 0 Å². The normalized spacial score (nSPS) is 13.8. The van der Waals surface area contributed by atoms with Gasteiger partial charge in [0.1, 0.15) is 0 Å². The lowest BCUT2D eigenvalue weighted by Gasteiger charge is -2.16. The summed E-state index contributed by atoms with van der Waals surface area (Å²) in [4.78, 5) is 12.2. The van der Waals surface area contributed by atoms with E-state index in [1.165, 1.54) is 5.56 Å². The number of nitrogens with two attached hydrogens (primary N) is 1. The summed E-state index contributed by atoms with van der Waals surface area (Å²) >= 11 is 0. The maximum absolute atomic E-state index is 12.4. The Bertz CT molecular complexity index is 910. The number of amides is 1. The number of hydrogen-bond donors (Lipinski definition) is 3. The first-order valence-corrected chi connectivity index (χ1v) is 10.2. The third-order valence-corrected chi connectivity index (χ3v) is 5.97. The van der Waals surface area contributed by atoms with Crippen LogP contribution in [0.15, 0.2) is 47.4 Å². The molecule has 0 atom stereocenters. The first kappa shape index (κ1) is 18.4. The molecule has 3 rings (SSSR count). The van der Waals surface area contributed by atoms with Crippen LogP contribution in [-0.2, 0) is 27.7 Å². The Kier molecular flexibility index (Phi) is 5.58. The van der Waals surface area contributed by atoms with E-state index in [1.54, 1.807) is 36.4 Å². The van der Waals surface area contributed by atoms with Gasteiger partial charge in [-0.05, 0) is 61.1 Å². The fourth-order valence-electron chi connectivity index (χ4n) is 3.08. The van der Waals surface area contributed by atoms with Crippen LogP contribution in [0.2, 0.25) is 0 Å². The molecule has 26 heavy (non-hydrogen) atoms. The first-order valence-electron chi connectivity index (χ1n) is 8.71. The number of carbonyl (C=O) groups is 1. The van der Waals surface area contributed by atoms with Crippen molar-refractivity contribution in [3.05, 3.63) is 53.6 Å². The second kappa shape index (κ2) is 7.88. The Balaban J connectivity index is 1.57. The van der Waals surface area contributed by atoms with E-state index in [0.29, 0.717) is 11.4 Å². The minimum absolute atomic E-state index is 0.0258. The van der Waals surface area contributed by atoms with Crippen molar-refractivity contribution < 1.29 is 13.2 Å². The van der Waals surface area contributed by atoms with Crippen molar-refractivity contribution in [2.75, 3.05) is 17.6 Å². The molecule has 0 saturated carbocycles. The van der Waals surface area contributed by atoms with Crippen molar-refractivity contribution in [1.82, 2.24) is 4.72 Å². The van der Waals surface area contributed by atoms with Crippen LogP contribution in [0.25, 0.3) is 0 Å². The number of hydrogen-bond acceptors (Lipinski definition) is 4. The lowest BCUT2D eigenvalue weighted by Crippen LogP contribution is -2.28. The summed E-state index contributed by atoms with van der Waals surface area (Å²) in [5.41, 5.74) is 9.10. The van der Waals surface area contributed by atoms with Gasteiger partial charge in [-0.2, -0.15) is 0 Å². The minimum atomic E-state index is -3.63. The van der Waals surface area contributed by atoms with E-state index in [-0.39, 0.29) is 23.8 Å². The quantitative estimate of drug-likeness (QED) is 0.677. The molecule has 0 saturated heterocycles. The summed E-state index contributed by atoms with van der Waals surface area (Å²) in [6, 6.07) is 12.2. The predicted molar refractivity (Wildman–Crippen MR) is 102 cm³/mol. The molecule has 1 amide bonds. The summed E-state index contributed by atoms with van der Waals surface area (Å²) < 4.78 is 27.4. The molecule has 2 aromatic rings. The number of benzene rings is 2. The molecular formula is C19H23N3O3S. The number of anilines is 2. The Morgan fingerprint density at radius 1 is 1.04 bits per heavy atom. The highest BCUT2D eigenvalue weighted by Crippen LogP contribution is 2.24. The number of carbonyl (C=O) groups excluding carboxylic acids is 1. The van der Waals surface area contributed by atoms with Crippen LogP contribution in [-0.4, -0.2) is 20.9 Å². The van der Waals surface area contributed by atoms with Crippen molar-refractivity contribution >= 4 is 27.3 Å². The van der Waals surface area contributed by atoms with Gasteiger partial charge in [0.05, 0.1) is 16.3 Å². The molecule has 0 heterocycles. The molecule has 1 aliphatic rings. The van der Waals surface area contributed by atoms with Crippen LogP contribution < -0.4 is 15.8 Å². The number of para-hydroxylation sites is 2. The van der Waals surface area contributed by atoms with E-state index in [2.05, 4.69) is 10.0 Å². The zero-order valence-electron chi connectivity index (χ0n) is 14.5. The van der Waals surface area contributed by atoms with Gasteiger partial charge < -0.3 is 11.1 Å². The van der Waals surface area contributed by atoms with Gasteiger partial charge in [-0.1, -0.05) is 18.2 Å². The molecule has 4 N–H and O–H groups in total. The molecule has 0 spiro atoms. The fourth-order valence-corrected chi connectivity index (χ4v) is 4.16. The second-order valence-corrected chi connectivity index (χ2v) is 8.19.